The number of carbonyl (C=O) groups is 2. The highest BCUT2D eigenvalue weighted by Crippen LogP contribution is 2.06. The Hall–Kier alpha value is -1.16. The van der Waals surface area contributed by atoms with Crippen LogP contribution in [0.1, 0.15) is 26.7 Å². The van der Waals surface area contributed by atoms with E-state index in [1.165, 1.54) is 0 Å². The zero-order valence-corrected chi connectivity index (χ0v) is 7.28. The minimum Gasteiger partial charge on any atom is -0.279 e. The van der Waals surface area contributed by atoms with Crippen LogP contribution in [-0.2, 0) is 9.59 Å². The fourth-order valence-corrected chi connectivity index (χ4v) is 0.565. The van der Waals surface area contributed by atoms with Crippen molar-refractivity contribution < 1.29 is 14.8 Å². The molecule has 0 unspecified atom stereocenters. The first-order valence-corrected chi connectivity index (χ1v) is 3.75. The van der Waals surface area contributed by atoms with Crippen molar-refractivity contribution in [3.8, 4) is 0 Å². The van der Waals surface area contributed by atoms with Gasteiger partial charge in [0.15, 0.2) is 0 Å². The molecule has 1 aliphatic rings. The lowest BCUT2D eigenvalue weighted by molar-refractivity contribution is -0.171. The second kappa shape index (κ2) is 5.49. The summed E-state index contributed by atoms with van der Waals surface area (Å²) in [6.07, 6.45) is 4.30. The van der Waals surface area contributed by atoms with E-state index in [4.69, 9.17) is 5.21 Å². The fourth-order valence-electron chi connectivity index (χ4n) is 0.565. The van der Waals surface area contributed by atoms with Crippen LogP contribution in [0.25, 0.3) is 0 Å². The van der Waals surface area contributed by atoms with Gasteiger partial charge >= 0.3 is 0 Å². The van der Waals surface area contributed by atoms with E-state index in [9.17, 15) is 9.59 Å². The summed E-state index contributed by atoms with van der Waals surface area (Å²) in [5.74, 6) is -1.01. The topological polar surface area (TPSA) is 57.6 Å². The minimum absolute atomic E-state index is 0.148. The Balaban J connectivity index is 0.000000261. The maximum absolute atomic E-state index is 10.2. The summed E-state index contributed by atoms with van der Waals surface area (Å²) in [5.41, 5.74) is 0. The van der Waals surface area contributed by atoms with Crippen molar-refractivity contribution >= 4 is 11.8 Å². The van der Waals surface area contributed by atoms with Gasteiger partial charge < -0.3 is 0 Å². The zero-order chi connectivity index (χ0) is 9.56. The number of rotatable bonds is 0. The molecule has 0 bridgehead atoms. The molecular formula is C8H13NO3. The molecule has 0 saturated carbocycles. The van der Waals surface area contributed by atoms with Crippen LogP contribution in [0, 0.1) is 0 Å². The van der Waals surface area contributed by atoms with Gasteiger partial charge in [0.1, 0.15) is 0 Å². The first kappa shape index (κ1) is 10.8. The minimum atomic E-state index is -0.505. The Morgan fingerprint density at radius 1 is 1.17 bits per heavy atom. The van der Waals surface area contributed by atoms with Crippen molar-refractivity contribution in [2.24, 2.45) is 0 Å². The smallest absolute Gasteiger partial charge is 0.253 e. The van der Waals surface area contributed by atoms with E-state index in [0.717, 1.165) is 0 Å². The third-order valence-electron chi connectivity index (χ3n) is 1.36. The van der Waals surface area contributed by atoms with Gasteiger partial charge in [0, 0.05) is 12.8 Å². The van der Waals surface area contributed by atoms with Gasteiger partial charge in [-0.15, -0.1) is 0 Å². The molecule has 0 atom stereocenters. The molecule has 4 heteroatoms. The molecule has 0 aliphatic carbocycles. The molecule has 1 heterocycles. The third kappa shape index (κ3) is 3.30. The molecule has 0 spiro atoms. The standard InChI is InChI=1S/C4H5NO3.C4H8/c6-3-1-2-4(7)5(3)8;1-3-4-2/h8H,1-2H2;3-4H,1-2H3. The van der Waals surface area contributed by atoms with Crippen LogP contribution < -0.4 is 0 Å². The molecule has 1 rings (SSSR count). The number of hydroxylamine groups is 2. The average molecular weight is 171 g/mol. The molecule has 4 nitrogen and oxygen atoms in total. The largest absolute Gasteiger partial charge is 0.279 e. The molecule has 1 aliphatic heterocycles. The van der Waals surface area contributed by atoms with Crippen LogP contribution in [-0.4, -0.2) is 22.1 Å². The molecule has 1 N–H and O–H groups in total. The van der Waals surface area contributed by atoms with E-state index in [1.807, 2.05) is 26.0 Å². The Morgan fingerprint density at radius 3 is 1.58 bits per heavy atom. The van der Waals surface area contributed by atoms with E-state index >= 15 is 0 Å². The van der Waals surface area contributed by atoms with E-state index < -0.39 is 11.8 Å². The molecular weight excluding hydrogens is 158 g/mol. The van der Waals surface area contributed by atoms with Gasteiger partial charge in [0.25, 0.3) is 11.8 Å². The molecule has 0 radical (unpaired) electrons. The number of amides is 2. The molecule has 68 valence electrons. The van der Waals surface area contributed by atoms with Crippen molar-refractivity contribution in [3.05, 3.63) is 12.2 Å². The summed E-state index contributed by atoms with van der Waals surface area (Å²) in [6, 6.07) is 0. The Kier molecular flexibility index (Phi) is 4.96. The molecule has 12 heavy (non-hydrogen) atoms. The van der Waals surface area contributed by atoms with E-state index in [-0.39, 0.29) is 17.9 Å². The van der Waals surface area contributed by atoms with Crippen LogP contribution in [0.5, 0.6) is 0 Å². The van der Waals surface area contributed by atoms with Gasteiger partial charge in [0.05, 0.1) is 0 Å². The fraction of sp³-hybridized carbons (Fsp3) is 0.500. The summed E-state index contributed by atoms with van der Waals surface area (Å²) in [4.78, 5) is 20.5. The zero-order valence-electron chi connectivity index (χ0n) is 7.28. The first-order valence-electron chi connectivity index (χ1n) is 3.75. The summed E-state index contributed by atoms with van der Waals surface area (Å²) < 4.78 is 0. The number of hydrogen-bond acceptors (Lipinski definition) is 3. The highest BCUT2D eigenvalue weighted by Gasteiger charge is 2.26. The van der Waals surface area contributed by atoms with Crippen molar-refractivity contribution in [3.63, 3.8) is 0 Å². The van der Waals surface area contributed by atoms with Crippen molar-refractivity contribution in [2.75, 3.05) is 0 Å². The maximum atomic E-state index is 10.2. The number of allylic oxidation sites excluding steroid dienone is 2. The quantitative estimate of drug-likeness (QED) is 0.337. The number of carbonyl (C=O) groups excluding carboxylic acids is 2. The third-order valence-corrected chi connectivity index (χ3v) is 1.36. The second-order valence-corrected chi connectivity index (χ2v) is 2.27. The average Bonchev–Trinajstić information content (AvgIpc) is 2.37. The lowest BCUT2D eigenvalue weighted by Gasteiger charge is -1.98. The number of hydrogen-bond donors (Lipinski definition) is 1. The van der Waals surface area contributed by atoms with E-state index in [1.54, 1.807) is 0 Å². The van der Waals surface area contributed by atoms with Gasteiger partial charge in [-0.2, -0.15) is 5.06 Å². The number of imide groups is 1. The Labute approximate surface area is 71.4 Å². The molecule has 0 aromatic rings. The van der Waals surface area contributed by atoms with Gasteiger partial charge in [-0.3, -0.25) is 14.8 Å². The van der Waals surface area contributed by atoms with Crippen molar-refractivity contribution in [2.45, 2.75) is 26.7 Å². The predicted octanol–water partition coefficient (Wildman–Crippen LogP) is 1.11. The summed E-state index contributed by atoms with van der Waals surface area (Å²) in [7, 11) is 0. The molecule has 2 amide bonds. The summed E-state index contributed by atoms with van der Waals surface area (Å²) in [6.45, 7) is 4.00. The monoisotopic (exact) mass is 171 g/mol. The van der Waals surface area contributed by atoms with E-state index in [2.05, 4.69) is 0 Å². The molecule has 0 aromatic carbocycles. The highest BCUT2D eigenvalue weighted by atomic mass is 16.5. The van der Waals surface area contributed by atoms with Crippen molar-refractivity contribution in [1.82, 2.24) is 5.06 Å². The van der Waals surface area contributed by atoms with Gasteiger partial charge in [0.2, 0.25) is 0 Å². The predicted molar refractivity (Wildman–Crippen MR) is 43.4 cm³/mol. The molecule has 1 saturated heterocycles. The lowest BCUT2D eigenvalue weighted by Crippen LogP contribution is -2.24. The van der Waals surface area contributed by atoms with Crippen LogP contribution in [0.4, 0.5) is 0 Å². The highest BCUT2D eigenvalue weighted by molar-refractivity contribution is 6.00. The summed E-state index contributed by atoms with van der Waals surface area (Å²) >= 11 is 0. The molecule has 0 aromatic heterocycles. The normalized spacial score (nSPS) is 16.8. The Morgan fingerprint density at radius 2 is 1.50 bits per heavy atom. The lowest BCUT2D eigenvalue weighted by atomic mass is 10.4. The van der Waals surface area contributed by atoms with Gasteiger partial charge in [-0.05, 0) is 13.8 Å². The van der Waals surface area contributed by atoms with Gasteiger partial charge in [-0.1, -0.05) is 12.2 Å². The SMILES string of the molecule is CC=CC.O=C1CCC(=O)N1O. The Bertz CT molecular complexity index is 178. The van der Waals surface area contributed by atoms with Crippen LogP contribution in [0.2, 0.25) is 0 Å². The maximum Gasteiger partial charge on any atom is 0.253 e. The first-order chi connectivity index (χ1) is 5.63. The summed E-state index contributed by atoms with van der Waals surface area (Å²) in [5, 5.41) is 8.57. The second-order valence-electron chi connectivity index (χ2n) is 2.27. The molecule has 1 fully saturated rings. The van der Waals surface area contributed by atoms with Crippen molar-refractivity contribution in [1.29, 1.82) is 0 Å². The van der Waals surface area contributed by atoms with Crippen LogP contribution in [0.15, 0.2) is 12.2 Å². The van der Waals surface area contributed by atoms with Crippen LogP contribution in [0.3, 0.4) is 0 Å². The van der Waals surface area contributed by atoms with Crippen LogP contribution >= 0.6 is 0 Å². The van der Waals surface area contributed by atoms with E-state index in [0.29, 0.717) is 0 Å². The van der Waals surface area contributed by atoms with Gasteiger partial charge in [-0.25, -0.2) is 0 Å². The number of nitrogens with zero attached hydrogens (tertiary/aromatic N) is 1.